The van der Waals surface area contributed by atoms with Crippen molar-refractivity contribution in [2.75, 3.05) is 12.3 Å². The van der Waals surface area contributed by atoms with Gasteiger partial charge in [-0.05, 0) is 50.1 Å². The van der Waals surface area contributed by atoms with Crippen LogP contribution < -0.4 is 11.1 Å². The van der Waals surface area contributed by atoms with Crippen molar-refractivity contribution < 1.29 is 0 Å². The minimum Gasteiger partial charge on any atom is -0.399 e. The van der Waals surface area contributed by atoms with Crippen LogP contribution in [0.4, 0.5) is 5.69 Å². The molecule has 0 aliphatic carbocycles. The number of aromatic nitrogens is 3. The average Bonchev–Trinajstić information content (AvgIpc) is 2.98. The summed E-state index contributed by atoms with van der Waals surface area (Å²) in [6.45, 7) is 3.26. The van der Waals surface area contributed by atoms with E-state index in [-0.39, 0.29) is 12.4 Å². The zero-order valence-corrected chi connectivity index (χ0v) is 14.4. The van der Waals surface area contributed by atoms with Crippen molar-refractivity contribution in [3.63, 3.8) is 0 Å². The third-order valence-electron chi connectivity index (χ3n) is 4.60. The van der Waals surface area contributed by atoms with Crippen LogP contribution in [0.5, 0.6) is 0 Å². The summed E-state index contributed by atoms with van der Waals surface area (Å²) in [5.41, 5.74) is 10.6. The number of nitrogens with zero attached hydrogens (tertiary/aromatic N) is 2. The van der Waals surface area contributed by atoms with Crippen LogP contribution in [0.2, 0.25) is 0 Å². The molecular formula is C18H22ClN5. The molecule has 3 aromatic rings. The van der Waals surface area contributed by atoms with Gasteiger partial charge in [0, 0.05) is 23.3 Å². The molecule has 1 fully saturated rings. The first-order valence-electron chi connectivity index (χ1n) is 8.14. The standard InChI is InChI=1S/C18H21N5.ClH/c1-11-8-13(6-7-20-11)18-21-10-17-16(23-18)9-15(22-17)12-2-4-14(19)5-3-12;/h2-5,9-11,13,20,22H,6-8,19H2,1H3;1H. The van der Waals surface area contributed by atoms with Crippen molar-refractivity contribution in [1.29, 1.82) is 0 Å². The van der Waals surface area contributed by atoms with E-state index in [1.807, 2.05) is 30.5 Å². The van der Waals surface area contributed by atoms with E-state index in [1.165, 1.54) is 0 Å². The number of halogens is 1. The number of aromatic amines is 1. The molecule has 4 rings (SSSR count). The fourth-order valence-electron chi connectivity index (χ4n) is 3.31. The molecule has 24 heavy (non-hydrogen) atoms. The molecule has 0 spiro atoms. The third-order valence-corrected chi connectivity index (χ3v) is 4.60. The van der Waals surface area contributed by atoms with E-state index in [2.05, 4.69) is 28.3 Å². The molecule has 1 aromatic carbocycles. The van der Waals surface area contributed by atoms with Gasteiger partial charge < -0.3 is 16.0 Å². The number of nitrogen functional groups attached to an aromatic ring is 1. The predicted molar refractivity (Wildman–Crippen MR) is 100 cm³/mol. The number of fused-ring (bicyclic) bond motifs is 1. The van der Waals surface area contributed by atoms with Crippen LogP contribution >= 0.6 is 12.4 Å². The molecule has 126 valence electrons. The second-order valence-electron chi connectivity index (χ2n) is 6.41. The number of anilines is 1. The second-order valence-corrected chi connectivity index (χ2v) is 6.41. The number of nitrogens with one attached hydrogen (secondary N) is 2. The number of hydrogen-bond acceptors (Lipinski definition) is 4. The fraction of sp³-hybridized carbons (Fsp3) is 0.333. The molecule has 2 unspecified atom stereocenters. The molecule has 0 radical (unpaired) electrons. The molecule has 3 heterocycles. The van der Waals surface area contributed by atoms with Crippen LogP contribution in [0, 0.1) is 0 Å². The molecule has 6 heteroatoms. The number of rotatable bonds is 2. The van der Waals surface area contributed by atoms with Gasteiger partial charge in [0.05, 0.1) is 17.2 Å². The number of nitrogens with two attached hydrogens (primary N) is 1. The molecular weight excluding hydrogens is 322 g/mol. The van der Waals surface area contributed by atoms with Crippen molar-refractivity contribution in [3.05, 3.63) is 42.4 Å². The number of H-pyrrole nitrogens is 1. The molecule has 4 N–H and O–H groups in total. The van der Waals surface area contributed by atoms with Crippen LogP contribution in [0.3, 0.4) is 0 Å². The van der Waals surface area contributed by atoms with Gasteiger partial charge in [0.2, 0.25) is 0 Å². The van der Waals surface area contributed by atoms with E-state index in [0.29, 0.717) is 12.0 Å². The maximum atomic E-state index is 5.76. The number of piperidine rings is 1. The average molecular weight is 344 g/mol. The predicted octanol–water partition coefficient (Wildman–Crippen LogP) is 3.48. The summed E-state index contributed by atoms with van der Waals surface area (Å²) in [6, 6.07) is 10.5. The molecule has 0 amide bonds. The van der Waals surface area contributed by atoms with Gasteiger partial charge in [-0.2, -0.15) is 0 Å². The Labute approximate surface area is 147 Å². The lowest BCUT2D eigenvalue weighted by Crippen LogP contribution is -2.35. The van der Waals surface area contributed by atoms with Crippen LogP contribution in [-0.2, 0) is 0 Å². The van der Waals surface area contributed by atoms with E-state index in [0.717, 1.165) is 53.2 Å². The van der Waals surface area contributed by atoms with Crippen molar-refractivity contribution >= 4 is 29.1 Å². The smallest absolute Gasteiger partial charge is 0.132 e. The Bertz CT molecular complexity index is 827. The Morgan fingerprint density at radius 2 is 2.00 bits per heavy atom. The van der Waals surface area contributed by atoms with Crippen molar-refractivity contribution in [3.8, 4) is 11.3 Å². The summed E-state index contributed by atoms with van der Waals surface area (Å²) in [5, 5.41) is 3.48. The van der Waals surface area contributed by atoms with Gasteiger partial charge in [0.15, 0.2) is 0 Å². The van der Waals surface area contributed by atoms with Gasteiger partial charge in [-0.1, -0.05) is 12.1 Å². The van der Waals surface area contributed by atoms with Crippen molar-refractivity contribution in [1.82, 2.24) is 20.3 Å². The lowest BCUT2D eigenvalue weighted by Gasteiger charge is -2.26. The number of hydrogen-bond donors (Lipinski definition) is 3. The van der Waals surface area contributed by atoms with Crippen LogP contribution in [-0.4, -0.2) is 27.5 Å². The summed E-state index contributed by atoms with van der Waals surface area (Å²) in [5.74, 6) is 1.42. The SMILES string of the molecule is CC1CC(c2ncc3[nH]c(-c4ccc(N)cc4)cc3n2)CCN1.Cl. The maximum Gasteiger partial charge on any atom is 0.132 e. The van der Waals surface area contributed by atoms with Gasteiger partial charge in [-0.3, -0.25) is 0 Å². The molecule has 0 bridgehead atoms. The van der Waals surface area contributed by atoms with E-state index in [9.17, 15) is 0 Å². The summed E-state index contributed by atoms with van der Waals surface area (Å²) in [7, 11) is 0. The number of benzene rings is 1. The Morgan fingerprint density at radius 3 is 2.75 bits per heavy atom. The minimum absolute atomic E-state index is 0. The Morgan fingerprint density at radius 1 is 1.21 bits per heavy atom. The summed E-state index contributed by atoms with van der Waals surface area (Å²) in [4.78, 5) is 12.8. The normalized spacial score (nSPS) is 20.7. The van der Waals surface area contributed by atoms with Gasteiger partial charge >= 0.3 is 0 Å². The van der Waals surface area contributed by atoms with Crippen molar-refractivity contribution in [2.45, 2.75) is 31.7 Å². The molecule has 1 aliphatic rings. The lowest BCUT2D eigenvalue weighted by molar-refractivity contribution is 0.371. The van der Waals surface area contributed by atoms with E-state index in [4.69, 9.17) is 10.7 Å². The summed E-state index contributed by atoms with van der Waals surface area (Å²) < 4.78 is 0. The maximum absolute atomic E-state index is 5.76. The first-order valence-corrected chi connectivity index (χ1v) is 8.14. The highest BCUT2D eigenvalue weighted by atomic mass is 35.5. The van der Waals surface area contributed by atoms with Gasteiger partial charge in [-0.15, -0.1) is 12.4 Å². The van der Waals surface area contributed by atoms with Gasteiger partial charge in [-0.25, -0.2) is 9.97 Å². The van der Waals surface area contributed by atoms with E-state index >= 15 is 0 Å². The van der Waals surface area contributed by atoms with Gasteiger partial charge in [0.1, 0.15) is 5.82 Å². The first kappa shape index (κ1) is 16.7. The van der Waals surface area contributed by atoms with E-state index < -0.39 is 0 Å². The minimum atomic E-state index is 0. The largest absolute Gasteiger partial charge is 0.399 e. The highest BCUT2D eigenvalue weighted by Crippen LogP contribution is 2.28. The first-order chi connectivity index (χ1) is 11.2. The topological polar surface area (TPSA) is 79.6 Å². The summed E-state index contributed by atoms with van der Waals surface area (Å²) >= 11 is 0. The molecule has 2 aromatic heterocycles. The van der Waals surface area contributed by atoms with Crippen LogP contribution in [0.15, 0.2) is 36.5 Å². The highest BCUT2D eigenvalue weighted by Gasteiger charge is 2.22. The molecule has 2 atom stereocenters. The highest BCUT2D eigenvalue weighted by molar-refractivity contribution is 5.85. The Kier molecular flexibility index (Phi) is 4.73. The third kappa shape index (κ3) is 3.23. The zero-order chi connectivity index (χ0) is 15.8. The molecule has 1 saturated heterocycles. The van der Waals surface area contributed by atoms with Crippen LogP contribution in [0.1, 0.15) is 31.5 Å². The quantitative estimate of drug-likeness (QED) is 0.622. The second kappa shape index (κ2) is 6.79. The van der Waals surface area contributed by atoms with Crippen LogP contribution in [0.25, 0.3) is 22.3 Å². The Balaban J connectivity index is 0.00000169. The lowest BCUT2D eigenvalue weighted by atomic mass is 9.92. The van der Waals surface area contributed by atoms with Crippen molar-refractivity contribution in [2.24, 2.45) is 0 Å². The molecule has 0 saturated carbocycles. The van der Waals surface area contributed by atoms with Gasteiger partial charge in [0.25, 0.3) is 0 Å². The molecule has 5 nitrogen and oxygen atoms in total. The fourth-order valence-corrected chi connectivity index (χ4v) is 3.31. The van der Waals surface area contributed by atoms with E-state index in [1.54, 1.807) is 0 Å². The Hall–Kier alpha value is -2.11. The monoisotopic (exact) mass is 343 g/mol. The summed E-state index contributed by atoms with van der Waals surface area (Å²) in [6.07, 6.45) is 4.11. The molecule has 1 aliphatic heterocycles. The zero-order valence-electron chi connectivity index (χ0n) is 13.6.